The zero-order valence-electron chi connectivity index (χ0n) is 9.92. The fourth-order valence-corrected chi connectivity index (χ4v) is 1.79. The van der Waals surface area contributed by atoms with E-state index in [1.165, 1.54) is 4.57 Å². The van der Waals surface area contributed by atoms with E-state index in [1.807, 2.05) is 19.1 Å². The molecule has 0 amide bonds. The summed E-state index contributed by atoms with van der Waals surface area (Å²) in [6.07, 6.45) is 0.498. The van der Waals surface area contributed by atoms with Gasteiger partial charge in [0.2, 0.25) is 0 Å². The highest BCUT2D eigenvalue weighted by atomic mass is 16.1. The SMILES string of the molecule is CCc1nc(=O)n(-c2ccccc2)c(N)c1C#N. The fourth-order valence-electron chi connectivity index (χ4n) is 1.79. The third-order valence-electron chi connectivity index (χ3n) is 2.67. The minimum atomic E-state index is -0.463. The van der Waals surface area contributed by atoms with Gasteiger partial charge in [-0.15, -0.1) is 0 Å². The highest BCUT2D eigenvalue weighted by Crippen LogP contribution is 2.16. The van der Waals surface area contributed by atoms with Gasteiger partial charge in [-0.1, -0.05) is 25.1 Å². The number of nitrogens with two attached hydrogens (primary N) is 1. The molecule has 0 saturated heterocycles. The molecular formula is C13H12N4O. The van der Waals surface area contributed by atoms with Crippen molar-refractivity contribution < 1.29 is 0 Å². The second-order valence-electron chi connectivity index (χ2n) is 3.74. The van der Waals surface area contributed by atoms with Crippen LogP contribution in [0.1, 0.15) is 18.2 Å². The van der Waals surface area contributed by atoms with Gasteiger partial charge >= 0.3 is 5.69 Å². The molecule has 0 fully saturated rings. The van der Waals surface area contributed by atoms with Gasteiger partial charge in [-0.3, -0.25) is 0 Å². The van der Waals surface area contributed by atoms with E-state index in [2.05, 4.69) is 4.98 Å². The van der Waals surface area contributed by atoms with Crippen LogP contribution in [0, 0.1) is 11.3 Å². The molecule has 0 aliphatic heterocycles. The molecule has 0 radical (unpaired) electrons. The van der Waals surface area contributed by atoms with Gasteiger partial charge in [-0.25, -0.2) is 9.36 Å². The number of nitriles is 1. The van der Waals surface area contributed by atoms with E-state index >= 15 is 0 Å². The summed E-state index contributed by atoms with van der Waals surface area (Å²) in [5.41, 5.74) is 6.75. The first-order valence-corrected chi connectivity index (χ1v) is 5.56. The molecule has 0 bridgehead atoms. The molecule has 0 saturated carbocycles. The maximum Gasteiger partial charge on any atom is 0.354 e. The van der Waals surface area contributed by atoms with Crippen LogP contribution in [0.2, 0.25) is 0 Å². The Labute approximate surface area is 104 Å². The molecule has 5 heteroatoms. The number of hydrogen-bond acceptors (Lipinski definition) is 4. The van der Waals surface area contributed by atoms with E-state index in [9.17, 15) is 4.79 Å². The number of aryl methyl sites for hydroxylation is 1. The Hall–Kier alpha value is -2.61. The fraction of sp³-hybridized carbons (Fsp3) is 0.154. The van der Waals surface area contributed by atoms with E-state index in [4.69, 9.17) is 11.0 Å². The normalized spacial score (nSPS) is 10.0. The lowest BCUT2D eigenvalue weighted by molar-refractivity contribution is 0.872. The summed E-state index contributed by atoms with van der Waals surface area (Å²) >= 11 is 0. The Morgan fingerprint density at radius 3 is 2.61 bits per heavy atom. The summed E-state index contributed by atoms with van der Waals surface area (Å²) in [6, 6.07) is 10.9. The van der Waals surface area contributed by atoms with Crippen LogP contribution in [-0.2, 0) is 6.42 Å². The maximum absolute atomic E-state index is 12.0. The minimum Gasteiger partial charge on any atom is -0.384 e. The van der Waals surface area contributed by atoms with Crippen LogP contribution in [0.25, 0.3) is 5.69 Å². The number of para-hydroxylation sites is 1. The second kappa shape index (κ2) is 4.72. The van der Waals surface area contributed by atoms with Crippen molar-refractivity contribution in [2.24, 2.45) is 0 Å². The Morgan fingerprint density at radius 1 is 1.39 bits per heavy atom. The molecule has 2 aromatic rings. The molecule has 0 atom stereocenters. The Morgan fingerprint density at radius 2 is 2.06 bits per heavy atom. The highest BCUT2D eigenvalue weighted by Gasteiger charge is 2.14. The average molecular weight is 240 g/mol. The maximum atomic E-state index is 12.0. The van der Waals surface area contributed by atoms with E-state index in [0.717, 1.165) is 0 Å². The zero-order valence-corrected chi connectivity index (χ0v) is 9.92. The molecule has 1 aromatic heterocycles. The van der Waals surface area contributed by atoms with Crippen molar-refractivity contribution in [2.75, 3.05) is 5.73 Å². The lowest BCUT2D eigenvalue weighted by Gasteiger charge is -2.11. The number of anilines is 1. The van der Waals surface area contributed by atoms with Crippen molar-refractivity contribution in [1.29, 1.82) is 5.26 Å². The smallest absolute Gasteiger partial charge is 0.354 e. The first kappa shape index (κ1) is 11.9. The van der Waals surface area contributed by atoms with Gasteiger partial charge in [-0.2, -0.15) is 10.2 Å². The van der Waals surface area contributed by atoms with Crippen molar-refractivity contribution in [3.8, 4) is 11.8 Å². The van der Waals surface area contributed by atoms with E-state index in [1.54, 1.807) is 24.3 Å². The standard InChI is InChI=1S/C13H12N4O/c1-2-11-10(8-14)12(15)17(13(18)16-11)9-6-4-3-5-7-9/h3-7H,2,15H2,1H3. The monoisotopic (exact) mass is 240 g/mol. The molecule has 18 heavy (non-hydrogen) atoms. The number of hydrogen-bond donors (Lipinski definition) is 1. The molecular weight excluding hydrogens is 228 g/mol. The molecule has 0 aliphatic carbocycles. The van der Waals surface area contributed by atoms with Crippen molar-refractivity contribution in [3.63, 3.8) is 0 Å². The molecule has 1 aromatic carbocycles. The van der Waals surface area contributed by atoms with Crippen LogP contribution in [0.3, 0.4) is 0 Å². The van der Waals surface area contributed by atoms with Gasteiger partial charge in [0, 0.05) is 0 Å². The van der Waals surface area contributed by atoms with Crippen LogP contribution in [0.5, 0.6) is 0 Å². The van der Waals surface area contributed by atoms with Crippen molar-refractivity contribution in [1.82, 2.24) is 9.55 Å². The molecule has 2 N–H and O–H groups in total. The molecule has 0 aliphatic rings. The van der Waals surface area contributed by atoms with Crippen LogP contribution < -0.4 is 11.4 Å². The molecule has 1 heterocycles. The largest absolute Gasteiger partial charge is 0.384 e. The average Bonchev–Trinajstić information content (AvgIpc) is 2.39. The van der Waals surface area contributed by atoms with Crippen LogP contribution >= 0.6 is 0 Å². The lowest BCUT2D eigenvalue weighted by Crippen LogP contribution is -2.27. The Bertz CT molecular complexity index is 668. The number of aromatic nitrogens is 2. The number of nitrogen functional groups attached to an aromatic ring is 1. The van der Waals surface area contributed by atoms with E-state index in [-0.39, 0.29) is 11.4 Å². The number of benzene rings is 1. The quantitative estimate of drug-likeness (QED) is 0.856. The first-order chi connectivity index (χ1) is 8.69. The lowest BCUT2D eigenvalue weighted by atomic mass is 10.2. The summed E-state index contributed by atoms with van der Waals surface area (Å²) in [6.45, 7) is 1.83. The minimum absolute atomic E-state index is 0.139. The number of rotatable bonds is 2. The Kier molecular flexibility index (Phi) is 3.11. The topological polar surface area (TPSA) is 84.7 Å². The third-order valence-corrected chi connectivity index (χ3v) is 2.67. The molecule has 90 valence electrons. The molecule has 0 spiro atoms. The van der Waals surface area contributed by atoms with Crippen LogP contribution in [0.15, 0.2) is 35.1 Å². The van der Waals surface area contributed by atoms with E-state index in [0.29, 0.717) is 17.8 Å². The van der Waals surface area contributed by atoms with Gasteiger partial charge < -0.3 is 5.73 Å². The summed E-state index contributed by atoms with van der Waals surface area (Å²) in [4.78, 5) is 15.9. The molecule has 0 unspecified atom stereocenters. The zero-order chi connectivity index (χ0) is 13.1. The van der Waals surface area contributed by atoms with Crippen LogP contribution in [-0.4, -0.2) is 9.55 Å². The van der Waals surface area contributed by atoms with Crippen LogP contribution in [0.4, 0.5) is 5.82 Å². The second-order valence-corrected chi connectivity index (χ2v) is 3.74. The number of nitrogens with zero attached hydrogens (tertiary/aromatic N) is 3. The van der Waals surface area contributed by atoms with Gasteiger partial charge in [0.05, 0.1) is 11.4 Å². The first-order valence-electron chi connectivity index (χ1n) is 5.56. The van der Waals surface area contributed by atoms with Gasteiger partial charge in [0.1, 0.15) is 17.5 Å². The Balaban J connectivity index is 2.79. The van der Waals surface area contributed by atoms with Gasteiger partial charge in [-0.05, 0) is 18.6 Å². The van der Waals surface area contributed by atoms with Crippen molar-refractivity contribution in [2.45, 2.75) is 13.3 Å². The summed E-state index contributed by atoms with van der Waals surface area (Å²) in [5, 5.41) is 9.11. The van der Waals surface area contributed by atoms with Gasteiger partial charge in [0.15, 0.2) is 0 Å². The summed E-state index contributed by atoms with van der Waals surface area (Å²) < 4.78 is 1.25. The predicted octanol–water partition coefficient (Wildman–Crippen LogP) is 1.25. The third kappa shape index (κ3) is 1.84. The van der Waals surface area contributed by atoms with E-state index < -0.39 is 5.69 Å². The van der Waals surface area contributed by atoms with Crippen molar-refractivity contribution >= 4 is 5.82 Å². The summed E-state index contributed by atoms with van der Waals surface area (Å²) in [7, 11) is 0. The molecule has 5 nitrogen and oxygen atoms in total. The predicted molar refractivity (Wildman–Crippen MR) is 68.3 cm³/mol. The van der Waals surface area contributed by atoms with Gasteiger partial charge in [0.25, 0.3) is 0 Å². The van der Waals surface area contributed by atoms with Crippen molar-refractivity contribution in [3.05, 3.63) is 52.1 Å². The highest BCUT2D eigenvalue weighted by molar-refractivity contribution is 5.55. The summed E-state index contributed by atoms with van der Waals surface area (Å²) in [5.74, 6) is 0.139. The molecule has 2 rings (SSSR count).